The van der Waals surface area contributed by atoms with Crippen LogP contribution in [0.25, 0.3) is 16.9 Å². The van der Waals surface area contributed by atoms with E-state index in [2.05, 4.69) is 10.6 Å². The van der Waals surface area contributed by atoms with Crippen molar-refractivity contribution < 1.29 is 4.79 Å². The molecule has 5 nitrogen and oxygen atoms in total. The fourth-order valence-corrected chi connectivity index (χ4v) is 2.86. The molecule has 0 atom stereocenters. The molecule has 0 aliphatic rings. The zero-order chi connectivity index (χ0) is 17.8. The Hall–Kier alpha value is -3.08. The Morgan fingerprint density at radius 3 is 2.36 bits per heavy atom. The minimum atomic E-state index is -0.0588. The van der Waals surface area contributed by atoms with Gasteiger partial charge in [0.2, 0.25) is 0 Å². The Morgan fingerprint density at radius 1 is 1.08 bits per heavy atom. The number of aromatic nitrogens is 2. The second-order valence-corrected chi connectivity index (χ2v) is 5.76. The van der Waals surface area contributed by atoms with Gasteiger partial charge in [0, 0.05) is 30.3 Å². The average molecular weight is 334 g/mol. The lowest BCUT2D eigenvalue weighted by Gasteiger charge is -2.06. The van der Waals surface area contributed by atoms with Crippen molar-refractivity contribution in [1.82, 2.24) is 15.1 Å². The number of nitrogens with zero attached hydrogens (tertiary/aromatic N) is 2. The summed E-state index contributed by atoms with van der Waals surface area (Å²) >= 11 is 0. The second-order valence-electron chi connectivity index (χ2n) is 5.76. The first kappa shape index (κ1) is 16.8. The topological polar surface area (TPSA) is 59.0 Å². The van der Waals surface area contributed by atoms with Crippen molar-refractivity contribution in [3.05, 3.63) is 65.7 Å². The van der Waals surface area contributed by atoms with Crippen LogP contribution in [-0.4, -0.2) is 29.3 Å². The molecule has 3 rings (SSSR count). The molecule has 0 saturated heterocycles. The summed E-state index contributed by atoms with van der Waals surface area (Å²) in [6.45, 7) is 4.57. The summed E-state index contributed by atoms with van der Waals surface area (Å²) in [6, 6.07) is 17.6. The van der Waals surface area contributed by atoms with Crippen LogP contribution in [0.1, 0.15) is 22.8 Å². The Kier molecular flexibility index (Phi) is 4.84. The molecule has 0 bridgehead atoms. The third kappa shape index (κ3) is 3.26. The van der Waals surface area contributed by atoms with Crippen LogP contribution in [0.15, 0.2) is 54.6 Å². The smallest absolute Gasteiger partial charge is 0.251 e. The highest BCUT2D eigenvalue weighted by atomic mass is 16.1. The lowest BCUT2D eigenvalue weighted by molar-refractivity contribution is 0.0956. The average Bonchev–Trinajstić information content (AvgIpc) is 2.99. The van der Waals surface area contributed by atoms with E-state index < -0.39 is 0 Å². The molecule has 128 valence electrons. The maximum Gasteiger partial charge on any atom is 0.251 e. The van der Waals surface area contributed by atoms with Gasteiger partial charge >= 0.3 is 0 Å². The Bertz CT molecular complexity index is 867. The quantitative estimate of drug-likeness (QED) is 0.749. The molecule has 0 unspecified atom stereocenters. The van der Waals surface area contributed by atoms with Gasteiger partial charge in [0.05, 0.1) is 11.4 Å². The number of para-hydroxylation sites is 1. The summed E-state index contributed by atoms with van der Waals surface area (Å²) < 4.78 is 1.91. The van der Waals surface area contributed by atoms with E-state index in [0.717, 1.165) is 28.3 Å². The molecule has 0 spiro atoms. The molecular weight excluding hydrogens is 312 g/mol. The van der Waals surface area contributed by atoms with E-state index in [1.807, 2.05) is 80.2 Å². The van der Waals surface area contributed by atoms with Gasteiger partial charge in [-0.3, -0.25) is 4.79 Å². The first-order valence-corrected chi connectivity index (χ1v) is 8.37. The summed E-state index contributed by atoms with van der Waals surface area (Å²) in [7, 11) is 1.89. The van der Waals surface area contributed by atoms with Gasteiger partial charge in [-0.25, -0.2) is 4.68 Å². The summed E-state index contributed by atoms with van der Waals surface area (Å²) in [4.78, 5) is 11.9. The SMILES string of the molecule is CCNC(=O)c1ccc(-c2nn(-c3ccccc3)c(NC)c2C)cc1. The van der Waals surface area contributed by atoms with Crippen LogP contribution in [0.3, 0.4) is 0 Å². The van der Waals surface area contributed by atoms with Crippen LogP contribution >= 0.6 is 0 Å². The number of anilines is 1. The molecule has 2 aromatic carbocycles. The number of nitrogens with one attached hydrogen (secondary N) is 2. The number of rotatable bonds is 5. The molecule has 25 heavy (non-hydrogen) atoms. The van der Waals surface area contributed by atoms with Gasteiger partial charge in [-0.1, -0.05) is 30.3 Å². The fourth-order valence-electron chi connectivity index (χ4n) is 2.86. The van der Waals surface area contributed by atoms with Crippen molar-refractivity contribution in [2.24, 2.45) is 0 Å². The van der Waals surface area contributed by atoms with E-state index in [1.54, 1.807) is 0 Å². The Balaban J connectivity index is 2.01. The summed E-state index contributed by atoms with van der Waals surface area (Å²) in [5.41, 5.74) is 4.60. The predicted molar refractivity (Wildman–Crippen MR) is 101 cm³/mol. The van der Waals surface area contributed by atoms with Crippen molar-refractivity contribution in [2.75, 3.05) is 18.9 Å². The molecular formula is C20H22N4O. The lowest BCUT2D eigenvalue weighted by atomic mass is 10.1. The van der Waals surface area contributed by atoms with Crippen LogP contribution in [0.5, 0.6) is 0 Å². The maximum atomic E-state index is 11.9. The summed E-state index contributed by atoms with van der Waals surface area (Å²) in [5.74, 6) is 0.894. The van der Waals surface area contributed by atoms with Crippen molar-refractivity contribution in [2.45, 2.75) is 13.8 Å². The van der Waals surface area contributed by atoms with E-state index in [9.17, 15) is 4.79 Å². The van der Waals surface area contributed by atoms with Gasteiger partial charge in [0.25, 0.3) is 5.91 Å². The van der Waals surface area contributed by atoms with Gasteiger partial charge in [0.15, 0.2) is 0 Å². The van der Waals surface area contributed by atoms with Crippen LogP contribution in [0.2, 0.25) is 0 Å². The minimum absolute atomic E-state index is 0.0588. The van der Waals surface area contributed by atoms with E-state index in [-0.39, 0.29) is 5.91 Å². The molecule has 0 fully saturated rings. The van der Waals surface area contributed by atoms with E-state index in [1.165, 1.54) is 0 Å². The molecule has 3 aromatic rings. The highest BCUT2D eigenvalue weighted by Gasteiger charge is 2.16. The monoisotopic (exact) mass is 334 g/mol. The summed E-state index contributed by atoms with van der Waals surface area (Å²) in [6.07, 6.45) is 0. The lowest BCUT2D eigenvalue weighted by Crippen LogP contribution is -2.22. The van der Waals surface area contributed by atoms with Gasteiger partial charge < -0.3 is 10.6 Å². The van der Waals surface area contributed by atoms with Crippen LogP contribution in [0.4, 0.5) is 5.82 Å². The molecule has 2 N–H and O–H groups in total. The van der Waals surface area contributed by atoms with Gasteiger partial charge in [-0.15, -0.1) is 0 Å². The van der Waals surface area contributed by atoms with Crippen molar-refractivity contribution in [3.63, 3.8) is 0 Å². The van der Waals surface area contributed by atoms with Gasteiger partial charge in [-0.05, 0) is 38.1 Å². The predicted octanol–water partition coefficient (Wildman–Crippen LogP) is 3.64. The van der Waals surface area contributed by atoms with Crippen molar-refractivity contribution >= 4 is 11.7 Å². The fraction of sp³-hybridized carbons (Fsp3) is 0.200. The summed E-state index contributed by atoms with van der Waals surface area (Å²) in [5, 5.41) is 10.8. The molecule has 0 aliphatic heterocycles. The number of hydrogen-bond acceptors (Lipinski definition) is 3. The highest BCUT2D eigenvalue weighted by molar-refractivity contribution is 5.94. The molecule has 0 aliphatic carbocycles. The zero-order valence-electron chi connectivity index (χ0n) is 14.7. The van der Waals surface area contributed by atoms with Crippen molar-refractivity contribution in [3.8, 4) is 16.9 Å². The number of carbonyl (C=O) groups excluding carboxylic acids is 1. The normalized spacial score (nSPS) is 10.5. The minimum Gasteiger partial charge on any atom is -0.373 e. The van der Waals surface area contributed by atoms with Gasteiger partial charge in [0.1, 0.15) is 5.82 Å². The number of hydrogen-bond donors (Lipinski definition) is 2. The molecule has 1 amide bonds. The largest absolute Gasteiger partial charge is 0.373 e. The molecule has 5 heteroatoms. The highest BCUT2D eigenvalue weighted by Crippen LogP contribution is 2.30. The Morgan fingerprint density at radius 2 is 1.76 bits per heavy atom. The van der Waals surface area contributed by atoms with Crippen molar-refractivity contribution in [1.29, 1.82) is 0 Å². The third-order valence-corrected chi connectivity index (χ3v) is 4.12. The molecule has 0 saturated carbocycles. The zero-order valence-corrected chi connectivity index (χ0v) is 14.7. The Labute approximate surface area is 147 Å². The van der Waals surface area contributed by atoms with Crippen LogP contribution in [-0.2, 0) is 0 Å². The first-order chi connectivity index (χ1) is 12.2. The van der Waals surface area contributed by atoms with Gasteiger partial charge in [-0.2, -0.15) is 5.10 Å². The molecule has 0 radical (unpaired) electrons. The second kappa shape index (κ2) is 7.21. The maximum absolute atomic E-state index is 11.9. The number of amides is 1. The van der Waals surface area contributed by atoms with E-state index in [4.69, 9.17) is 5.10 Å². The van der Waals surface area contributed by atoms with Crippen LogP contribution in [0, 0.1) is 6.92 Å². The van der Waals surface area contributed by atoms with E-state index >= 15 is 0 Å². The number of benzene rings is 2. The van der Waals surface area contributed by atoms with E-state index in [0.29, 0.717) is 12.1 Å². The standard InChI is InChI=1S/C20H22N4O/c1-4-22-20(25)16-12-10-15(11-13-16)18-14(2)19(21-3)24(23-18)17-8-6-5-7-9-17/h5-13,21H,4H2,1-3H3,(H,22,25). The first-order valence-electron chi connectivity index (χ1n) is 8.37. The molecule has 1 heterocycles. The molecule has 1 aromatic heterocycles. The number of carbonyl (C=O) groups is 1. The van der Waals surface area contributed by atoms with Crippen LogP contribution < -0.4 is 10.6 Å². The third-order valence-electron chi connectivity index (χ3n) is 4.12.